The number of rotatable bonds is 8. The van der Waals surface area contributed by atoms with E-state index >= 15 is 0 Å². The van der Waals surface area contributed by atoms with Crippen molar-refractivity contribution in [1.29, 1.82) is 0 Å². The Kier molecular flexibility index (Phi) is 10.7. The van der Waals surface area contributed by atoms with E-state index in [4.69, 9.17) is 11.6 Å². The van der Waals surface area contributed by atoms with Gasteiger partial charge in [0.1, 0.15) is 0 Å². The first kappa shape index (κ1) is 27.7. The van der Waals surface area contributed by atoms with Crippen molar-refractivity contribution >= 4 is 11.6 Å². The molecule has 0 rings (SSSR count). The number of hydrogen-bond donors (Lipinski definition) is 0. The fourth-order valence-electron chi connectivity index (χ4n) is 3.84. The van der Waals surface area contributed by atoms with Gasteiger partial charge >= 0.3 is 0 Å². The van der Waals surface area contributed by atoms with Gasteiger partial charge in [0.25, 0.3) is 0 Å². The highest BCUT2D eigenvalue weighted by atomic mass is 35.5. The van der Waals surface area contributed by atoms with E-state index in [9.17, 15) is 0 Å². The molecule has 0 aromatic carbocycles. The summed E-state index contributed by atoms with van der Waals surface area (Å²) in [5, 5.41) is 0.617. The highest BCUT2D eigenvalue weighted by molar-refractivity contribution is 6.31. The predicted octanol–water partition coefficient (Wildman–Crippen LogP) is 10.2. The van der Waals surface area contributed by atoms with E-state index < -0.39 is 0 Å². The van der Waals surface area contributed by atoms with Crippen LogP contribution in [0.1, 0.15) is 103 Å². The first-order valence-electron chi connectivity index (χ1n) is 10.9. The lowest BCUT2D eigenvalue weighted by Crippen LogP contribution is -2.17. The van der Waals surface area contributed by atoms with Crippen LogP contribution in [0.3, 0.4) is 0 Å². The fraction of sp³-hybridized carbons (Fsp3) is 0.571. The second-order valence-corrected chi connectivity index (χ2v) is 9.61. The summed E-state index contributed by atoms with van der Waals surface area (Å²) in [6, 6.07) is 0. The molecule has 164 valence electrons. The molecular weight excluding hydrogens is 372 g/mol. The van der Waals surface area contributed by atoms with Crippen LogP contribution in [0.5, 0.6) is 0 Å². The van der Waals surface area contributed by atoms with Gasteiger partial charge in [-0.2, -0.15) is 0 Å². The first-order chi connectivity index (χ1) is 13.1. The SMILES string of the molecule is C=C(Cl)/C(C)=C(C)/C(C)=C(C)/C(C)=C(C)\C(C)=C(C)\C(=C(/C)CC)C(C)(C)CC. The summed E-state index contributed by atoms with van der Waals surface area (Å²) in [6.07, 6.45) is 2.23. The topological polar surface area (TPSA) is 0 Å². The van der Waals surface area contributed by atoms with Gasteiger partial charge in [-0.1, -0.05) is 51.4 Å². The van der Waals surface area contributed by atoms with Gasteiger partial charge in [0.15, 0.2) is 0 Å². The molecule has 0 aliphatic carbocycles. The Bertz CT molecular complexity index is 801. The molecule has 0 aromatic rings. The zero-order valence-corrected chi connectivity index (χ0v) is 22.3. The van der Waals surface area contributed by atoms with Gasteiger partial charge in [-0.15, -0.1) is 0 Å². The minimum Gasteiger partial charge on any atom is -0.0847 e. The standard InChI is InChI=1S/C28H45Cl/c1-15-17(3)27(28(13,14)16-2)25(11)23(9)21(7)19(5)18(4)20(6)22(8)24(10)26(12)29/h12,15-16H2,1-11,13-14H3/b20-18+,21-19-,24-22+,25-23+,27-17-. The molecule has 0 saturated heterocycles. The van der Waals surface area contributed by atoms with Crippen molar-refractivity contribution in [2.45, 2.75) is 103 Å². The lowest BCUT2D eigenvalue weighted by Gasteiger charge is -2.31. The fourth-order valence-corrected chi connectivity index (χ4v) is 3.98. The monoisotopic (exact) mass is 416 g/mol. The molecule has 0 fully saturated rings. The average molecular weight is 417 g/mol. The van der Waals surface area contributed by atoms with E-state index in [-0.39, 0.29) is 5.41 Å². The third-order valence-electron chi connectivity index (χ3n) is 7.24. The van der Waals surface area contributed by atoms with Crippen LogP contribution in [0.15, 0.2) is 67.3 Å². The highest BCUT2D eigenvalue weighted by Gasteiger charge is 2.25. The largest absolute Gasteiger partial charge is 0.0847 e. The van der Waals surface area contributed by atoms with Crippen LogP contribution in [0, 0.1) is 5.41 Å². The van der Waals surface area contributed by atoms with Crippen molar-refractivity contribution < 1.29 is 0 Å². The first-order valence-corrected chi connectivity index (χ1v) is 11.3. The summed E-state index contributed by atoms with van der Waals surface area (Å²) < 4.78 is 0. The summed E-state index contributed by atoms with van der Waals surface area (Å²) in [5.41, 5.74) is 13.6. The Hall–Kier alpha value is -1.27. The molecule has 0 atom stereocenters. The van der Waals surface area contributed by atoms with E-state index in [1.54, 1.807) is 0 Å². The molecule has 0 nitrogen and oxygen atoms in total. The lowest BCUT2D eigenvalue weighted by atomic mass is 9.74. The molecule has 0 radical (unpaired) electrons. The zero-order chi connectivity index (χ0) is 23.3. The maximum atomic E-state index is 6.14. The van der Waals surface area contributed by atoms with Crippen LogP contribution in [-0.4, -0.2) is 0 Å². The van der Waals surface area contributed by atoms with Crippen molar-refractivity contribution in [3.63, 3.8) is 0 Å². The molecule has 0 aliphatic heterocycles. The molecule has 0 aliphatic rings. The van der Waals surface area contributed by atoms with Crippen molar-refractivity contribution in [2.24, 2.45) is 5.41 Å². The van der Waals surface area contributed by atoms with Gasteiger partial charge in [0.05, 0.1) is 0 Å². The van der Waals surface area contributed by atoms with E-state index in [0.717, 1.165) is 18.4 Å². The Balaban J connectivity index is 6.73. The molecule has 0 aromatic heterocycles. The predicted molar refractivity (Wildman–Crippen MR) is 136 cm³/mol. The van der Waals surface area contributed by atoms with Gasteiger partial charge in [-0.05, 0) is 131 Å². The van der Waals surface area contributed by atoms with Gasteiger partial charge < -0.3 is 0 Å². The molecular formula is C28H45Cl. The van der Waals surface area contributed by atoms with Crippen molar-refractivity contribution in [2.75, 3.05) is 0 Å². The molecule has 0 heterocycles. The number of halogens is 1. The Morgan fingerprint density at radius 3 is 1.21 bits per heavy atom. The van der Waals surface area contributed by atoms with Crippen LogP contribution in [0.25, 0.3) is 0 Å². The highest BCUT2D eigenvalue weighted by Crippen LogP contribution is 2.40. The number of hydrogen-bond acceptors (Lipinski definition) is 0. The molecule has 0 amide bonds. The van der Waals surface area contributed by atoms with Crippen molar-refractivity contribution in [3.05, 3.63) is 67.3 Å². The Labute approximate surface area is 187 Å². The quantitative estimate of drug-likeness (QED) is 0.345. The molecule has 0 N–H and O–H groups in total. The molecule has 29 heavy (non-hydrogen) atoms. The van der Waals surface area contributed by atoms with Crippen LogP contribution < -0.4 is 0 Å². The van der Waals surface area contributed by atoms with Crippen molar-refractivity contribution in [3.8, 4) is 0 Å². The molecule has 0 unspecified atom stereocenters. The summed E-state index contributed by atoms with van der Waals surface area (Å²) in [6.45, 7) is 33.1. The second kappa shape index (κ2) is 11.2. The minimum atomic E-state index is 0.178. The summed E-state index contributed by atoms with van der Waals surface area (Å²) >= 11 is 6.14. The minimum absolute atomic E-state index is 0.178. The lowest BCUT2D eigenvalue weighted by molar-refractivity contribution is 0.429. The normalized spacial score (nSPS) is 17.0. The van der Waals surface area contributed by atoms with E-state index in [2.05, 4.69) is 89.7 Å². The average Bonchev–Trinajstić information content (AvgIpc) is 2.68. The third kappa shape index (κ3) is 6.61. The van der Waals surface area contributed by atoms with Gasteiger partial charge in [0, 0.05) is 5.03 Å². The molecule has 0 bridgehead atoms. The van der Waals surface area contributed by atoms with Crippen molar-refractivity contribution in [1.82, 2.24) is 0 Å². The maximum Gasteiger partial charge on any atom is 0.0366 e. The van der Waals surface area contributed by atoms with Gasteiger partial charge in [0.2, 0.25) is 0 Å². The van der Waals surface area contributed by atoms with Crippen LogP contribution >= 0.6 is 11.6 Å². The summed E-state index contributed by atoms with van der Waals surface area (Å²) in [7, 11) is 0. The second-order valence-electron chi connectivity index (χ2n) is 9.15. The van der Waals surface area contributed by atoms with Gasteiger partial charge in [-0.3, -0.25) is 0 Å². The molecule has 0 saturated carbocycles. The van der Waals surface area contributed by atoms with Gasteiger partial charge in [-0.25, -0.2) is 0 Å². The summed E-state index contributed by atoms with van der Waals surface area (Å²) in [4.78, 5) is 0. The third-order valence-corrected chi connectivity index (χ3v) is 7.52. The van der Waals surface area contributed by atoms with Crippen LogP contribution in [0.4, 0.5) is 0 Å². The van der Waals surface area contributed by atoms with Crippen LogP contribution in [0.2, 0.25) is 0 Å². The number of allylic oxidation sites excluding steroid dienone is 11. The molecule has 0 spiro atoms. The Morgan fingerprint density at radius 1 is 0.621 bits per heavy atom. The summed E-state index contributed by atoms with van der Waals surface area (Å²) in [5.74, 6) is 0. The van der Waals surface area contributed by atoms with Crippen LogP contribution in [-0.2, 0) is 0 Å². The van der Waals surface area contributed by atoms with E-state index in [1.807, 2.05) is 6.92 Å². The van der Waals surface area contributed by atoms with E-state index in [1.165, 1.54) is 50.2 Å². The maximum absolute atomic E-state index is 6.14. The molecule has 1 heteroatoms. The Morgan fingerprint density at radius 2 is 0.931 bits per heavy atom. The zero-order valence-electron chi connectivity index (χ0n) is 21.5. The van der Waals surface area contributed by atoms with E-state index in [0.29, 0.717) is 5.03 Å². The smallest absolute Gasteiger partial charge is 0.0366 e.